The Bertz CT molecular complexity index is 1130. The van der Waals surface area contributed by atoms with Gasteiger partial charge >= 0.3 is 0 Å². The zero-order valence-corrected chi connectivity index (χ0v) is 15.8. The van der Waals surface area contributed by atoms with Gasteiger partial charge in [0.25, 0.3) is 5.91 Å². The van der Waals surface area contributed by atoms with Gasteiger partial charge in [-0.3, -0.25) is 10.1 Å². The van der Waals surface area contributed by atoms with E-state index < -0.39 is 5.91 Å². The fourth-order valence-electron chi connectivity index (χ4n) is 2.32. The van der Waals surface area contributed by atoms with Crippen LogP contribution in [-0.2, 0) is 0 Å². The Morgan fingerprint density at radius 2 is 1.63 bits per heavy atom. The van der Waals surface area contributed by atoms with E-state index in [0.29, 0.717) is 32.1 Å². The fourth-order valence-corrected chi connectivity index (χ4v) is 3.34. The first-order chi connectivity index (χ1) is 13.1. The molecule has 1 N–H and O–H groups in total. The monoisotopic (exact) mass is 416 g/mol. The van der Waals surface area contributed by atoms with Crippen LogP contribution in [0.2, 0.25) is 10.0 Å². The first-order valence-electron chi connectivity index (χ1n) is 7.72. The maximum atomic E-state index is 12.4. The minimum absolute atomic E-state index is 0.111. The van der Waals surface area contributed by atoms with Gasteiger partial charge in [-0.1, -0.05) is 47.5 Å². The summed E-state index contributed by atoms with van der Waals surface area (Å²) in [6, 6.07) is 14.3. The molecule has 0 radical (unpaired) electrons. The van der Waals surface area contributed by atoms with E-state index >= 15 is 0 Å². The zero-order chi connectivity index (χ0) is 18.8. The van der Waals surface area contributed by atoms with Gasteiger partial charge in [-0.2, -0.15) is 9.36 Å². The molecule has 4 rings (SSSR count). The van der Waals surface area contributed by atoms with Gasteiger partial charge < -0.3 is 4.42 Å². The Kier molecular flexibility index (Phi) is 4.89. The standard InChI is InChI=1S/C18H10Cl2N4O2S/c19-12-7-3-1-5-10(12)15-22-18(27-24-15)23-16(25)14-9-26-17(21-14)11-6-2-4-8-13(11)20/h1-9H,(H,22,23,24,25). The second-order valence-corrected chi connectivity index (χ2v) is 6.94. The molecule has 0 saturated carbocycles. The van der Waals surface area contributed by atoms with Gasteiger partial charge in [0.2, 0.25) is 11.0 Å². The van der Waals surface area contributed by atoms with Crippen molar-refractivity contribution in [2.75, 3.05) is 5.32 Å². The molecule has 0 aliphatic heterocycles. The molecule has 4 aromatic rings. The molecule has 1 amide bonds. The Hall–Kier alpha value is -2.74. The van der Waals surface area contributed by atoms with E-state index in [2.05, 4.69) is 19.7 Å². The third-order valence-electron chi connectivity index (χ3n) is 3.60. The predicted molar refractivity (Wildman–Crippen MR) is 105 cm³/mol. The van der Waals surface area contributed by atoms with Gasteiger partial charge in [0, 0.05) is 17.1 Å². The van der Waals surface area contributed by atoms with Crippen molar-refractivity contribution in [1.82, 2.24) is 14.3 Å². The van der Waals surface area contributed by atoms with Crippen molar-refractivity contribution in [3.8, 4) is 22.8 Å². The molecule has 9 heteroatoms. The van der Waals surface area contributed by atoms with Crippen molar-refractivity contribution in [3.05, 3.63) is 70.5 Å². The van der Waals surface area contributed by atoms with Crippen molar-refractivity contribution >= 4 is 45.8 Å². The molecule has 0 atom stereocenters. The average molecular weight is 417 g/mol. The molecule has 6 nitrogen and oxygen atoms in total. The highest BCUT2D eigenvalue weighted by atomic mass is 35.5. The number of nitrogens with zero attached hydrogens (tertiary/aromatic N) is 3. The number of amides is 1. The summed E-state index contributed by atoms with van der Waals surface area (Å²) in [6.07, 6.45) is 1.27. The zero-order valence-electron chi connectivity index (χ0n) is 13.5. The first-order valence-corrected chi connectivity index (χ1v) is 9.25. The quantitative estimate of drug-likeness (QED) is 0.480. The molecule has 2 aromatic heterocycles. The summed E-state index contributed by atoms with van der Waals surface area (Å²) in [4.78, 5) is 20.9. The number of anilines is 1. The number of rotatable bonds is 4. The summed E-state index contributed by atoms with van der Waals surface area (Å²) in [5.74, 6) is 0.247. The van der Waals surface area contributed by atoms with E-state index in [1.54, 1.807) is 24.3 Å². The van der Waals surface area contributed by atoms with Gasteiger partial charge in [-0.15, -0.1) is 0 Å². The van der Waals surface area contributed by atoms with Gasteiger partial charge in [-0.05, 0) is 24.3 Å². The summed E-state index contributed by atoms with van der Waals surface area (Å²) < 4.78 is 9.60. The lowest BCUT2D eigenvalue weighted by Gasteiger charge is -1.98. The van der Waals surface area contributed by atoms with E-state index in [4.69, 9.17) is 27.6 Å². The summed E-state index contributed by atoms with van der Waals surface area (Å²) in [5.41, 5.74) is 1.41. The van der Waals surface area contributed by atoms with E-state index in [-0.39, 0.29) is 11.6 Å². The SMILES string of the molecule is O=C(Nc1nc(-c2ccccc2Cl)ns1)c1coc(-c2ccccc2Cl)n1. The van der Waals surface area contributed by atoms with Gasteiger partial charge in [0.1, 0.15) is 6.26 Å². The number of aromatic nitrogens is 3. The molecule has 0 fully saturated rings. The highest BCUT2D eigenvalue weighted by Gasteiger charge is 2.17. The first kappa shape index (κ1) is 17.7. The van der Waals surface area contributed by atoms with Crippen LogP contribution >= 0.6 is 34.7 Å². The summed E-state index contributed by atoms with van der Waals surface area (Å²) >= 11 is 13.3. The van der Waals surface area contributed by atoms with Crippen molar-refractivity contribution in [1.29, 1.82) is 0 Å². The van der Waals surface area contributed by atoms with Crippen LogP contribution in [0.25, 0.3) is 22.8 Å². The van der Waals surface area contributed by atoms with E-state index in [0.717, 1.165) is 11.5 Å². The van der Waals surface area contributed by atoms with Crippen LogP contribution in [0.15, 0.2) is 59.2 Å². The lowest BCUT2D eigenvalue weighted by Crippen LogP contribution is -2.12. The van der Waals surface area contributed by atoms with Crippen LogP contribution in [0, 0.1) is 0 Å². The Balaban J connectivity index is 1.52. The number of hydrogen-bond donors (Lipinski definition) is 1. The Morgan fingerprint density at radius 3 is 2.33 bits per heavy atom. The Morgan fingerprint density at radius 1 is 0.963 bits per heavy atom. The lowest BCUT2D eigenvalue weighted by molar-refractivity contribution is 0.102. The number of halogens is 2. The summed E-state index contributed by atoms with van der Waals surface area (Å²) in [7, 11) is 0. The number of oxazole rings is 1. The van der Waals surface area contributed by atoms with Crippen LogP contribution in [0.4, 0.5) is 5.13 Å². The molecular formula is C18H10Cl2N4O2S. The third kappa shape index (κ3) is 3.71. The van der Waals surface area contributed by atoms with Crippen molar-refractivity contribution in [2.45, 2.75) is 0 Å². The number of carbonyl (C=O) groups excluding carboxylic acids is 1. The summed E-state index contributed by atoms with van der Waals surface area (Å²) in [5, 5.41) is 4.01. The average Bonchev–Trinajstić information content (AvgIpc) is 3.32. The molecule has 27 heavy (non-hydrogen) atoms. The Labute approximate surface area is 168 Å². The molecule has 2 heterocycles. The van der Waals surface area contributed by atoms with Crippen LogP contribution in [0.3, 0.4) is 0 Å². The minimum Gasteiger partial charge on any atom is -0.444 e. The second kappa shape index (κ2) is 7.48. The van der Waals surface area contributed by atoms with Crippen LogP contribution in [0.1, 0.15) is 10.5 Å². The van der Waals surface area contributed by atoms with E-state index in [9.17, 15) is 4.79 Å². The fraction of sp³-hybridized carbons (Fsp3) is 0. The van der Waals surface area contributed by atoms with Crippen molar-refractivity contribution in [2.24, 2.45) is 0 Å². The highest BCUT2D eigenvalue weighted by Crippen LogP contribution is 2.29. The number of benzene rings is 2. The number of nitrogens with one attached hydrogen (secondary N) is 1. The van der Waals surface area contributed by atoms with Gasteiger partial charge in [0.05, 0.1) is 15.6 Å². The molecule has 2 aromatic carbocycles. The number of carbonyl (C=O) groups is 1. The molecule has 134 valence electrons. The maximum absolute atomic E-state index is 12.4. The largest absolute Gasteiger partial charge is 0.444 e. The second-order valence-electron chi connectivity index (χ2n) is 5.37. The third-order valence-corrected chi connectivity index (χ3v) is 4.89. The smallest absolute Gasteiger partial charge is 0.279 e. The van der Waals surface area contributed by atoms with Crippen LogP contribution in [-0.4, -0.2) is 20.2 Å². The number of hydrogen-bond acceptors (Lipinski definition) is 6. The minimum atomic E-state index is -0.459. The molecule has 0 unspecified atom stereocenters. The molecule has 0 aliphatic carbocycles. The van der Waals surface area contributed by atoms with Crippen molar-refractivity contribution < 1.29 is 9.21 Å². The molecule has 0 saturated heterocycles. The lowest BCUT2D eigenvalue weighted by atomic mass is 10.2. The van der Waals surface area contributed by atoms with Crippen LogP contribution < -0.4 is 5.32 Å². The molecular weight excluding hydrogens is 407 g/mol. The predicted octanol–water partition coefficient (Wildman–Crippen LogP) is 5.42. The van der Waals surface area contributed by atoms with Gasteiger partial charge in [-0.25, -0.2) is 4.98 Å². The van der Waals surface area contributed by atoms with E-state index in [1.165, 1.54) is 6.26 Å². The summed E-state index contributed by atoms with van der Waals surface area (Å²) in [6.45, 7) is 0. The topological polar surface area (TPSA) is 80.9 Å². The molecule has 0 spiro atoms. The molecule has 0 aliphatic rings. The van der Waals surface area contributed by atoms with Crippen LogP contribution in [0.5, 0.6) is 0 Å². The highest BCUT2D eigenvalue weighted by molar-refractivity contribution is 7.10. The molecule has 0 bridgehead atoms. The van der Waals surface area contributed by atoms with Gasteiger partial charge in [0.15, 0.2) is 11.5 Å². The normalized spacial score (nSPS) is 10.7. The maximum Gasteiger partial charge on any atom is 0.279 e. The van der Waals surface area contributed by atoms with Crippen molar-refractivity contribution in [3.63, 3.8) is 0 Å². The van der Waals surface area contributed by atoms with E-state index in [1.807, 2.05) is 24.3 Å².